The van der Waals surface area contributed by atoms with Crippen LogP contribution in [-0.4, -0.2) is 29.8 Å². The van der Waals surface area contributed by atoms with E-state index in [1.54, 1.807) is 47.4 Å². The summed E-state index contributed by atoms with van der Waals surface area (Å²) in [7, 11) is 0. The molecule has 126 valence electrons. The van der Waals surface area contributed by atoms with Gasteiger partial charge in [-0.1, -0.05) is 23.2 Å². The molecule has 2 aromatic rings. The van der Waals surface area contributed by atoms with E-state index in [4.69, 9.17) is 23.2 Å². The summed E-state index contributed by atoms with van der Waals surface area (Å²) in [5.74, 6) is -0.353. The van der Waals surface area contributed by atoms with E-state index in [2.05, 4.69) is 5.32 Å². The predicted molar refractivity (Wildman–Crippen MR) is 98.1 cm³/mol. The molecule has 2 aromatic carbocycles. The standard InChI is InChI=1S/C18H18Cl2N2O2/c1-3-22(4-2)18(24)13-7-5-12(6-8-13)17(23)21-16-10-9-14(19)11-15(16)20/h5-11H,3-4H2,1-2H3,(H,21,23). The number of rotatable bonds is 5. The first-order chi connectivity index (χ1) is 11.5. The number of hydrogen-bond donors (Lipinski definition) is 1. The molecule has 0 fully saturated rings. The van der Waals surface area contributed by atoms with Gasteiger partial charge in [0.1, 0.15) is 0 Å². The number of halogens is 2. The minimum atomic E-state index is -0.305. The molecule has 0 bridgehead atoms. The van der Waals surface area contributed by atoms with Gasteiger partial charge in [-0.15, -0.1) is 0 Å². The van der Waals surface area contributed by atoms with Crippen molar-refractivity contribution in [3.8, 4) is 0 Å². The second-order valence-corrected chi connectivity index (χ2v) is 5.98. The second-order valence-electron chi connectivity index (χ2n) is 5.13. The molecule has 1 N–H and O–H groups in total. The van der Waals surface area contributed by atoms with Crippen molar-refractivity contribution in [2.75, 3.05) is 18.4 Å². The number of amides is 2. The fourth-order valence-electron chi connectivity index (χ4n) is 2.24. The first-order valence-electron chi connectivity index (χ1n) is 7.62. The molecule has 0 unspecified atom stereocenters. The fourth-order valence-corrected chi connectivity index (χ4v) is 2.70. The van der Waals surface area contributed by atoms with E-state index in [-0.39, 0.29) is 11.8 Å². The van der Waals surface area contributed by atoms with Crippen molar-refractivity contribution in [2.45, 2.75) is 13.8 Å². The average Bonchev–Trinajstić information content (AvgIpc) is 2.58. The highest BCUT2D eigenvalue weighted by Gasteiger charge is 2.14. The lowest BCUT2D eigenvalue weighted by Gasteiger charge is -2.18. The van der Waals surface area contributed by atoms with Crippen molar-refractivity contribution in [1.29, 1.82) is 0 Å². The molecule has 0 atom stereocenters. The van der Waals surface area contributed by atoms with Crippen LogP contribution in [0.3, 0.4) is 0 Å². The van der Waals surface area contributed by atoms with Gasteiger partial charge in [0.05, 0.1) is 10.7 Å². The SMILES string of the molecule is CCN(CC)C(=O)c1ccc(C(=O)Nc2ccc(Cl)cc2Cl)cc1. The highest BCUT2D eigenvalue weighted by atomic mass is 35.5. The van der Waals surface area contributed by atoms with Gasteiger partial charge in [0.2, 0.25) is 0 Å². The molecule has 0 saturated heterocycles. The number of nitrogens with zero attached hydrogens (tertiary/aromatic N) is 1. The Labute approximate surface area is 151 Å². The van der Waals surface area contributed by atoms with E-state index in [0.717, 1.165) is 0 Å². The lowest BCUT2D eigenvalue weighted by Crippen LogP contribution is -2.30. The van der Waals surface area contributed by atoms with Crippen LogP contribution in [-0.2, 0) is 0 Å². The predicted octanol–water partition coefficient (Wildman–Crippen LogP) is 4.73. The van der Waals surface area contributed by atoms with Crippen molar-refractivity contribution in [1.82, 2.24) is 4.90 Å². The number of nitrogens with one attached hydrogen (secondary N) is 1. The Kier molecular flexibility index (Phi) is 6.23. The average molecular weight is 365 g/mol. The molecule has 0 aliphatic rings. The van der Waals surface area contributed by atoms with Crippen LogP contribution in [0.4, 0.5) is 5.69 Å². The summed E-state index contributed by atoms with van der Waals surface area (Å²) >= 11 is 11.9. The molecule has 0 aromatic heterocycles. The molecule has 0 aliphatic heterocycles. The summed E-state index contributed by atoms with van der Waals surface area (Å²) in [4.78, 5) is 26.3. The molecule has 0 heterocycles. The maximum absolute atomic E-state index is 12.3. The van der Waals surface area contributed by atoms with Gasteiger partial charge in [0.15, 0.2) is 0 Å². The van der Waals surface area contributed by atoms with E-state index in [1.165, 1.54) is 0 Å². The number of carbonyl (C=O) groups is 2. The zero-order chi connectivity index (χ0) is 17.7. The molecule has 4 nitrogen and oxygen atoms in total. The largest absolute Gasteiger partial charge is 0.339 e. The molecule has 0 radical (unpaired) electrons. The molecular formula is C18H18Cl2N2O2. The zero-order valence-corrected chi connectivity index (χ0v) is 15.0. The first kappa shape index (κ1) is 18.3. The van der Waals surface area contributed by atoms with E-state index >= 15 is 0 Å². The Morgan fingerprint density at radius 1 is 0.958 bits per heavy atom. The van der Waals surface area contributed by atoms with Gasteiger partial charge in [-0.05, 0) is 56.3 Å². The van der Waals surface area contributed by atoms with Crippen molar-refractivity contribution in [2.24, 2.45) is 0 Å². The maximum Gasteiger partial charge on any atom is 0.255 e. The number of hydrogen-bond acceptors (Lipinski definition) is 2. The molecule has 0 spiro atoms. The van der Waals surface area contributed by atoms with Gasteiger partial charge in [-0.2, -0.15) is 0 Å². The number of anilines is 1. The molecule has 0 saturated carbocycles. The van der Waals surface area contributed by atoms with Crippen LogP contribution in [0.1, 0.15) is 34.6 Å². The molecule has 2 rings (SSSR count). The molecule has 2 amide bonds. The number of benzene rings is 2. The summed E-state index contributed by atoms with van der Waals surface area (Å²) < 4.78 is 0. The first-order valence-corrected chi connectivity index (χ1v) is 8.37. The minimum absolute atomic E-state index is 0.0484. The number of carbonyl (C=O) groups excluding carboxylic acids is 2. The smallest absolute Gasteiger partial charge is 0.255 e. The van der Waals surface area contributed by atoms with Gasteiger partial charge in [-0.25, -0.2) is 0 Å². The lowest BCUT2D eigenvalue weighted by molar-refractivity contribution is 0.0772. The molecule has 6 heteroatoms. The highest BCUT2D eigenvalue weighted by molar-refractivity contribution is 6.36. The van der Waals surface area contributed by atoms with Gasteiger partial charge in [0, 0.05) is 29.2 Å². The Morgan fingerprint density at radius 2 is 1.54 bits per heavy atom. The third kappa shape index (κ3) is 4.28. The monoisotopic (exact) mass is 364 g/mol. The topological polar surface area (TPSA) is 49.4 Å². The van der Waals surface area contributed by atoms with Crippen LogP contribution < -0.4 is 5.32 Å². The summed E-state index contributed by atoms with van der Waals surface area (Å²) in [6.07, 6.45) is 0. The van der Waals surface area contributed by atoms with Crippen LogP contribution in [0.5, 0.6) is 0 Å². The Hall–Kier alpha value is -2.04. The highest BCUT2D eigenvalue weighted by Crippen LogP contribution is 2.25. The maximum atomic E-state index is 12.3. The zero-order valence-electron chi connectivity index (χ0n) is 13.5. The summed E-state index contributed by atoms with van der Waals surface area (Å²) in [5, 5.41) is 3.59. The van der Waals surface area contributed by atoms with Crippen LogP contribution in [0, 0.1) is 0 Å². The van der Waals surface area contributed by atoms with Crippen molar-refractivity contribution >= 4 is 40.7 Å². The van der Waals surface area contributed by atoms with Gasteiger partial charge >= 0.3 is 0 Å². The summed E-state index contributed by atoms with van der Waals surface area (Å²) in [6, 6.07) is 11.4. The molecule has 24 heavy (non-hydrogen) atoms. The second kappa shape index (κ2) is 8.18. The van der Waals surface area contributed by atoms with Crippen LogP contribution >= 0.6 is 23.2 Å². The Bertz CT molecular complexity index is 741. The van der Waals surface area contributed by atoms with Crippen molar-refractivity contribution < 1.29 is 9.59 Å². The van der Waals surface area contributed by atoms with Crippen LogP contribution in [0.15, 0.2) is 42.5 Å². The minimum Gasteiger partial charge on any atom is -0.339 e. The third-order valence-corrected chi connectivity index (χ3v) is 4.17. The van der Waals surface area contributed by atoms with Crippen LogP contribution in [0.25, 0.3) is 0 Å². The van der Waals surface area contributed by atoms with Crippen molar-refractivity contribution in [3.63, 3.8) is 0 Å². The van der Waals surface area contributed by atoms with Gasteiger partial charge in [0.25, 0.3) is 11.8 Å². The molecule has 0 aliphatic carbocycles. The third-order valence-electron chi connectivity index (χ3n) is 3.62. The Morgan fingerprint density at radius 3 is 2.08 bits per heavy atom. The van der Waals surface area contributed by atoms with E-state index < -0.39 is 0 Å². The summed E-state index contributed by atoms with van der Waals surface area (Å²) in [6.45, 7) is 5.15. The van der Waals surface area contributed by atoms with Gasteiger partial charge in [-0.3, -0.25) is 9.59 Å². The van der Waals surface area contributed by atoms with E-state index in [0.29, 0.717) is 39.9 Å². The van der Waals surface area contributed by atoms with Gasteiger partial charge < -0.3 is 10.2 Å². The lowest BCUT2D eigenvalue weighted by atomic mass is 10.1. The fraction of sp³-hybridized carbons (Fsp3) is 0.222. The quantitative estimate of drug-likeness (QED) is 0.833. The van der Waals surface area contributed by atoms with E-state index in [1.807, 2.05) is 13.8 Å². The normalized spacial score (nSPS) is 10.3. The molecular weight excluding hydrogens is 347 g/mol. The Balaban J connectivity index is 2.12. The van der Waals surface area contributed by atoms with Crippen LogP contribution in [0.2, 0.25) is 10.0 Å². The summed E-state index contributed by atoms with van der Waals surface area (Å²) in [5.41, 5.74) is 1.48. The van der Waals surface area contributed by atoms with E-state index in [9.17, 15) is 9.59 Å². The van der Waals surface area contributed by atoms with Crippen molar-refractivity contribution in [3.05, 3.63) is 63.6 Å².